The van der Waals surface area contributed by atoms with Crippen molar-refractivity contribution in [2.45, 2.75) is 39.8 Å². The second kappa shape index (κ2) is 5.80. The van der Waals surface area contributed by atoms with Gasteiger partial charge in [-0.25, -0.2) is 9.37 Å². The monoisotopic (exact) mass is 226 g/mol. The minimum Gasteiger partial charge on any atom is -0.392 e. The highest BCUT2D eigenvalue weighted by molar-refractivity contribution is 5.47. The largest absolute Gasteiger partial charge is 0.392 e. The number of aromatic nitrogens is 1. The van der Waals surface area contributed by atoms with E-state index < -0.39 is 5.82 Å². The molecule has 0 saturated heterocycles. The van der Waals surface area contributed by atoms with E-state index in [9.17, 15) is 9.50 Å². The Bertz CT molecular complexity index is 344. The zero-order chi connectivity index (χ0) is 12.1. The average molecular weight is 226 g/mol. The van der Waals surface area contributed by atoms with Crippen LogP contribution < -0.4 is 4.90 Å². The summed E-state index contributed by atoms with van der Waals surface area (Å²) < 4.78 is 13.0. The maximum Gasteiger partial charge on any atom is 0.142 e. The second-order valence-electron chi connectivity index (χ2n) is 3.84. The molecule has 16 heavy (non-hydrogen) atoms. The van der Waals surface area contributed by atoms with Gasteiger partial charge in [-0.2, -0.15) is 0 Å². The Morgan fingerprint density at radius 3 is 2.69 bits per heavy atom. The van der Waals surface area contributed by atoms with Crippen LogP contribution in [0, 0.1) is 5.82 Å². The number of aliphatic hydroxyl groups is 1. The minimum atomic E-state index is -0.409. The summed E-state index contributed by atoms with van der Waals surface area (Å²) in [5.41, 5.74) is 0.544. The lowest BCUT2D eigenvalue weighted by atomic mass is 10.2. The fourth-order valence-electron chi connectivity index (χ4n) is 1.74. The normalized spacial score (nSPS) is 12.6. The van der Waals surface area contributed by atoms with E-state index >= 15 is 0 Å². The number of rotatable bonds is 5. The van der Waals surface area contributed by atoms with Crippen molar-refractivity contribution >= 4 is 5.82 Å². The van der Waals surface area contributed by atoms with Crippen LogP contribution in [-0.4, -0.2) is 22.7 Å². The lowest BCUT2D eigenvalue weighted by molar-refractivity contribution is 0.280. The zero-order valence-corrected chi connectivity index (χ0v) is 10.1. The SMILES string of the molecule is CCC(C)N(CC)c1ncc(F)cc1CO. The zero-order valence-electron chi connectivity index (χ0n) is 10.1. The molecular formula is C12H19FN2O. The molecule has 0 aromatic carbocycles. The molecule has 0 aliphatic rings. The number of pyridine rings is 1. The summed E-state index contributed by atoms with van der Waals surface area (Å²) in [7, 11) is 0. The fourth-order valence-corrected chi connectivity index (χ4v) is 1.74. The van der Waals surface area contributed by atoms with Gasteiger partial charge in [0.2, 0.25) is 0 Å². The molecule has 0 amide bonds. The van der Waals surface area contributed by atoms with Gasteiger partial charge in [0, 0.05) is 18.2 Å². The van der Waals surface area contributed by atoms with Gasteiger partial charge in [0.1, 0.15) is 11.6 Å². The van der Waals surface area contributed by atoms with Crippen molar-refractivity contribution in [3.63, 3.8) is 0 Å². The molecule has 0 radical (unpaired) electrons. The maximum absolute atomic E-state index is 13.0. The van der Waals surface area contributed by atoms with E-state index in [0.717, 1.165) is 13.0 Å². The van der Waals surface area contributed by atoms with Gasteiger partial charge in [0.05, 0.1) is 12.8 Å². The highest BCUT2D eigenvalue weighted by atomic mass is 19.1. The third-order valence-corrected chi connectivity index (χ3v) is 2.82. The van der Waals surface area contributed by atoms with Gasteiger partial charge in [-0.15, -0.1) is 0 Å². The Kier molecular flexibility index (Phi) is 4.68. The van der Waals surface area contributed by atoms with Crippen LogP contribution in [0.4, 0.5) is 10.2 Å². The summed E-state index contributed by atoms with van der Waals surface area (Å²) in [5, 5.41) is 9.21. The summed E-state index contributed by atoms with van der Waals surface area (Å²) in [4.78, 5) is 6.15. The number of anilines is 1. The van der Waals surface area contributed by atoms with Crippen LogP contribution in [0.15, 0.2) is 12.3 Å². The molecule has 90 valence electrons. The molecule has 1 aromatic heterocycles. The molecule has 1 aromatic rings. The highest BCUT2D eigenvalue weighted by Gasteiger charge is 2.16. The molecule has 0 spiro atoms. The number of hydrogen-bond acceptors (Lipinski definition) is 3. The first-order valence-electron chi connectivity index (χ1n) is 5.65. The molecule has 1 rings (SSSR count). The molecule has 3 nitrogen and oxygen atoms in total. The Morgan fingerprint density at radius 2 is 2.19 bits per heavy atom. The van der Waals surface area contributed by atoms with Crippen molar-refractivity contribution in [3.8, 4) is 0 Å². The molecule has 1 atom stereocenters. The van der Waals surface area contributed by atoms with Crippen LogP contribution in [0.3, 0.4) is 0 Å². The Labute approximate surface area is 95.9 Å². The van der Waals surface area contributed by atoms with E-state index in [1.807, 2.05) is 6.92 Å². The summed E-state index contributed by atoms with van der Waals surface area (Å²) in [5.74, 6) is 0.272. The lowest BCUT2D eigenvalue weighted by Gasteiger charge is -2.29. The van der Waals surface area contributed by atoms with Crippen molar-refractivity contribution in [1.29, 1.82) is 0 Å². The smallest absolute Gasteiger partial charge is 0.142 e. The third kappa shape index (κ3) is 2.70. The van der Waals surface area contributed by atoms with Crippen molar-refractivity contribution < 1.29 is 9.50 Å². The van der Waals surface area contributed by atoms with E-state index in [4.69, 9.17) is 0 Å². The van der Waals surface area contributed by atoms with Crippen molar-refractivity contribution in [3.05, 3.63) is 23.6 Å². The van der Waals surface area contributed by atoms with Crippen LogP contribution in [0.1, 0.15) is 32.8 Å². The molecule has 0 aliphatic carbocycles. The molecular weight excluding hydrogens is 207 g/mol. The van der Waals surface area contributed by atoms with Crippen LogP contribution in [0.2, 0.25) is 0 Å². The maximum atomic E-state index is 13.0. The first-order chi connectivity index (χ1) is 7.63. The van der Waals surface area contributed by atoms with Crippen molar-refractivity contribution in [2.24, 2.45) is 0 Å². The van der Waals surface area contributed by atoms with E-state index in [1.54, 1.807) is 0 Å². The number of aliphatic hydroxyl groups excluding tert-OH is 1. The quantitative estimate of drug-likeness (QED) is 0.837. The van der Waals surface area contributed by atoms with Crippen LogP contribution in [0.5, 0.6) is 0 Å². The molecule has 1 heterocycles. The highest BCUT2D eigenvalue weighted by Crippen LogP contribution is 2.21. The lowest BCUT2D eigenvalue weighted by Crippen LogP contribution is -2.33. The van der Waals surface area contributed by atoms with Gasteiger partial charge >= 0.3 is 0 Å². The standard InChI is InChI=1S/C12H19FN2O/c1-4-9(3)15(5-2)12-10(8-16)6-11(13)7-14-12/h6-7,9,16H,4-5,8H2,1-3H3. The molecule has 0 fully saturated rings. The van der Waals surface area contributed by atoms with Gasteiger partial charge in [-0.05, 0) is 26.3 Å². The van der Waals surface area contributed by atoms with Gasteiger partial charge in [-0.3, -0.25) is 0 Å². The molecule has 4 heteroatoms. The molecule has 0 bridgehead atoms. The second-order valence-corrected chi connectivity index (χ2v) is 3.84. The number of hydrogen-bond donors (Lipinski definition) is 1. The predicted molar refractivity (Wildman–Crippen MR) is 62.9 cm³/mol. The Morgan fingerprint density at radius 1 is 1.50 bits per heavy atom. The summed E-state index contributed by atoms with van der Waals surface area (Å²) in [6, 6.07) is 1.67. The third-order valence-electron chi connectivity index (χ3n) is 2.82. The summed E-state index contributed by atoms with van der Waals surface area (Å²) in [6.07, 6.45) is 2.18. The van der Waals surface area contributed by atoms with E-state index in [0.29, 0.717) is 17.4 Å². The van der Waals surface area contributed by atoms with Gasteiger partial charge in [0.15, 0.2) is 0 Å². The van der Waals surface area contributed by atoms with Crippen molar-refractivity contribution in [2.75, 3.05) is 11.4 Å². The van der Waals surface area contributed by atoms with Crippen LogP contribution >= 0.6 is 0 Å². The summed E-state index contributed by atoms with van der Waals surface area (Å²) >= 11 is 0. The fraction of sp³-hybridized carbons (Fsp3) is 0.583. The summed E-state index contributed by atoms with van der Waals surface area (Å²) in [6.45, 7) is 6.82. The van der Waals surface area contributed by atoms with Crippen molar-refractivity contribution in [1.82, 2.24) is 4.98 Å². The molecule has 1 unspecified atom stereocenters. The topological polar surface area (TPSA) is 36.4 Å². The van der Waals surface area contributed by atoms with E-state index in [1.165, 1.54) is 12.3 Å². The van der Waals surface area contributed by atoms with Crippen LogP contribution in [0.25, 0.3) is 0 Å². The van der Waals surface area contributed by atoms with Gasteiger partial charge < -0.3 is 10.0 Å². The van der Waals surface area contributed by atoms with Gasteiger partial charge in [0.25, 0.3) is 0 Å². The van der Waals surface area contributed by atoms with E-state index in [2.05, 4.69) is 23.7 Å². The van der Waals surface area contributed by atoms with E-state index in [-0.39, 0.29) is 6.61 Å². The molecule has 1 N–H and O–H groups in total. The molecule has 0 saturated carbocycles. The Balaban J connectivity index is 3.08. The minimum absolute atomic E-state index is 0.187. The first-order valence-corrected chi connectivity index (χ1v) is 5.65. The molecule has 0 aliphatic heterocycles. The predicted octanol–water partition coefficient (Wildman–Crippen LogP) is 2.34. The van der Waals surface area contributed by atoms with Crippen LogP contribution in [-0.2, 0) is 6.61 Å². The number of nitrogens with zero attached hydrogens (tertiary/aromatic N) is 2. The first kappa shape index (κ1) is 12.9. The average Bonchev–Trinajstić information content (AvgIpc) is 2.31. The number of halogens is 1. The van der Waals surface area contributed by atoms with Gasteiger partial charge in [-0.1, -0.05) is 6.92 Å². The Hall–Kier alpha value is -1.16.